The van der Waals surface area contributed by atoms with Crippen LogP contribution in [0.15, 0.2) is 90.4 Å². The van der Waals surface area contributed by atoms with Gasteiger partial charge in [0, 0.05) is 22.5 Å². The summed E-state index contributed by atoms with van der Waals surface area (Å²) in [5.74, 6) is 0. The highest BCUT2D eigenvalue weighted by Gasteiger charge is 2.31. The lowest BCUT2D eigenvalue weighted by Crippen LogP contribution is -2.17. The van der Waals surface area contributed by atoms with Crippen LogP contribution in [0.3, 0.4) is 0 Å². The minimum absolute atomic E-state index is 0.146. The average molecular weight is 338 g/mol. The normalized spacial score (nSPS) is 11.4. The van der Waals surface area contributed by atoms with Crippen LogP contribution in [-0.4, -0.2) is 11.7 Å². The van der Waals surface area contributed by atoms with Crippen molar-refractivity contribution < 1.29 is 9.67 Å². The van der Waals surface area contributed by atoms with Gasteiger partial charge in [0.05, 0.1) is 0 Å². The maximum absolute atomic E-state index is 14.1. The van der Waals surface area contributed by atoms with Crippen LogP contribution in [0.2, 0.25) is 0 Å². The minimum Gasteiger partial charge on any atom is -0.396 e. The van der Waals surface area contributed by atoms with E-state index in [-0.39, 0.29) is 6.61 Å². The molecule has 0 unspecified atom stereocenters. The summed E-state index contributed by atoms with van der Waals surface area (Å²) in [5.41, 5.74) is 2.95. The Morgan fingerprint density at radius 1 is 0.958 bits per heavy atom. The van der Waals surface area contributed by atoms with Gasteiger partial charge in [0.2, 0.25) is 0 Å². The highest BCUT2D eigenvalue weighted by molar-refractivity contribution is 7.82. The fraction of sp³-hybridized carbons (Fsp3) is 0.190. The van der Waals surface area contributed by atoms with Crippen molar-refractivity contribution in [3.05, 3.63) is 90.4 Å². The molecule has 1 N–H and O–H groups in total. The molecule has 0 saturated carbocycles. The first-order valence-corrected chi connectivity index (χ1v) is 9.80. The van der Waals surface area contributed by atoms with Gasteiger partial charge in [0.15, 0.2) is 7.14 Å². The molecule has 0 atom stereocenters. The standard InChI is InChI=1S/C21H23O2P/c1-2-19(13-7-3-4-12-18-22)24(23,20-14-8-5-9-15-20)21-16-10-6-11-17-21/h3-6,8-11,14-17,22H,1,7,12-13,18H2/b4-3-. The van der Waals surface area contributed by atoms with E-state index in [0.717, 1.165) is 22.3 Å². The number of rotatable bonds is 8. The van der Waals surface area contributed by atoms with Gasteiger partial charge in [0.25, 0.3) is 0 Å². The first-order valence-electron chi connectivity index (χ1n) is 8.10. The van der Waals surface area contributed by atoms with E-state index in [4.69, 9.17) is 5.11 Å². The van der Waals surface area contributed by atoms with Crippen LogP contribution < -0.4 is 10.6 Å². The van der Waals surface area contributed by atoms with Crippen molar-refractivity contribution in [3.8, 4) is 0 Å². The van der Waals surface area contributed by atoms with Crippen molar-refractivity contribution in [2.45, 2.75) is 19.3 Å². The molecule has 0 fully saturated rings. The van der Waals surface area contributed by atoms with E-state index in [2.05, 4.69) is 12.3 Å². The number of benzene rings is 2. The van der Waals surface area contributed by atoms with E-state index in [0.29, 0.717) is 12.8 Å². The Balaban J connectivity index is 2.39. The van der Waals surface area contributed by atoms with Crippen LogP contribution in [0, 0.1) is 0 Å². The zero-order valence-electron chi connectivity index (χ0n) is 13.8. The Hall–Kier alpha value is -2.11. The van der Waals surface area contributed by atoms with Crippen LogP contribution in [0.25, 0.3) is 0 Å². The number of aliphatic hydroxyl groups is 1. The first kappa shape index (κ1) is 18.2. The molecule has 0 aromatic heterocycles. The van der Waals surface area contributed by atoms with Gasteiger partial charge in [-0.15, -0.1) is 5.73 Å². The maximum atomic E-state index is 14.1. The molecule has 124 valence electrons. The maximum Gasteiger partial charge on any atom is 0.174 e. The number of allylic oxidation sites excluding steroid dienone is 2. The van der Waals surface area contributed by atoms with Gasteiger partial charge in [-0.1, -0.05) is 79.4 Å². The summed E-state index contributed by atoms with van der Waals surface area (Å²) in [6.07, 6.45) is 5.97. The lowest BCUT2D eigenvalue weighted by molar-refractivity contribution is 0.302. The Morgan fingerprint density at radius 2 is 1.46 bits per heavy atom. The fourth-order valence-electron chi connectivity index (χ4n) is 2.62. The average Bonchev–Trinajstić information content (AvgIpc) is 2.65. The first-order chi connectivity index (χ1) is 11.7. The van der Waals surface area contributed by atoms with Gasteiger partial charge in [-0.3, -0.25) is 0 Å². The molecule has 2 nitrogen and oxygen atoms in total. The molecular formula is C21H23O2P. The second-order valence-electron chi connectivity index (χ2n) is 5.43. The van der Waals surface area contributed by atoms with Gasteiger partial charge < -0.3 is 9.67 Å². The second kappa shape index (κ2) is 9.25. The predicted molar refractivity (Wildman–Crippen MR) is 102 cm³/mol. The summed E-state index contributed by atoms with van der Waals surface area (Å²) in [6, 6.07) is 19.1. The SMILES string of the molecule is C=C=C(CC/C=C\CCO)P(=O)(c1ccccc1)c1ccccc1. The van der Waals surface area contributed by atoms with Crippen LogP contribution in [0.1, 0.15) is 19.3 Å². The van der Waals surface area contributed by atoms with Crippen molar-refractivity contribution in [1.82, 2.24) is 0 Å². The lowest BCUT2D eigenvalue weighted by Gasteiger charge is -2.21. The molecule has 0 saturated heterocycles. The summed E-state index contributed by atoms with van der Waals surface area (Å²) in [4.78, 5) is 0. The minimum atomic E-state index is -2.93. The quantitative estimate of drug-likeness (QED) is 0.440. The number of hydrogen-bond donors (Lipinski definition) is 1. The largest absolute Gasteiger partial charge is 0.396 e. The molecule has 0 aliphatic rings. The molecule has 0 amide bonds. The van der Waals surface area contributed by atoms with E-state index in [1.165, 1.54) is 0 Å². The van der Waals surface area contributed by atoms with Crippen LogP contribution in [0.4, 0.5) is 0 Å². The number of aliphatic hydroxyl groups excluding tert-OH is 1. The smallest absolute Gasteiger partial charge is 0.174 e. The highest BCUT2D eigenvalue weighted by atomic mass is 31.2. The van der Waals surface area contributed by atoms with E-state index in [1.807, 2.05) is 72.8 Å². The summed E-state index contributed by atoms with van der Waals surface area (Å²) in [7, 11) is -2.93. The molecule has 0 aliphatic heterocycles. The summed E-state index contributed by atoms with van der Waals surface area (Å²) in [6.45, 7) is 3.94. The molecule has 24 heavy (non-hydrogen) atoms. The van der Waals surface area contributed by atoms with Gasteiger partial charge >= 0.3 is 0 Å². The van der Waals surface area contributed by atoms with Crippen LogP contribution >= 0.6 is 7.14 Å². The van der Waals surface area contributed by atoms with Crippen LogP contribution in [-0.2, 0) is 4.57 Å². The van der Waals surface area contributed by atoms with Crippen molar-refractivity contribution >= 4 is 17.8 Å². The topological polar surface area (TPSA) is 37.3 Å². The zero-order valence-corrected chi connectivity index (χ0v) is 14.7. The predicted octanol–water partition coefficient (Wildman–Crippen LogP) is 4.39. The molecule has 0 spiro atoms. The van der Waals surface area contributed by atoms with E-state index < -0.39 is 7.14 Å². The molecule has 0 radical (unpaired) electrons. The third kappa shape index (κ3) is 4.24. The molecule has 0 bridgehead atoms. The zero-order chi connectivity index (χ0) is 17.3. The molecule has 0 aliphatic carbocycles. The molecule has 3 heteroatoms. The molecular weight excluding hydrogens is 315 g/mol. The van der Waals surface area contributed by atoms with E-state index >= 15 is 0 Å². The monoisotopic (exact) mass is 338 g/mol. The molecule has 2 rings (SSSR count). The third-order valence-electron chi connectivity index (χ3n) is 3.83. The molecule has 2 aromatic rings. The fourth-order valence-corrected chi connectivity index (χ4v) is 5.40. The van der Waals surface area contributed by atoms with E-state index in [1.54, 1.807) is 0 Å². The highest BCUT2D eigenvalue weighted by Crippen LogP contribution is 2.52. The molecule has 0 heterocycles. The van der Waals surface area contributed by atoms with Crippen molar-refractivity contribution in [2.75, 3.05) is 6.61 Å². The summed E-state index contributed by atoms with van der Waals surface area (Å²) in [5, 5.41) is 11.2. The van der Waals surface area contributed by atoms with Gasteiger partial charge in [-0.2, -0.15) is 0 Å². The van der Waals surface area contributed by atoms with Crippen molar-refractivity contribution in [2.24, 2.45) is 0 Å². The van der Waals surface area contributed by atoms with Crippen LogP contribution in [0.5, 0.6) is 0 Å². The Kier molecular flexibility index (Phi) is 7.03. The summed E-state index contributed by atoms with van der Waals surface area (Å²) >= 11 is 0. The van der Waals surface area contributed by atoms with Gasteiger partial charge in [0.1, 0.15) is 0 Å². The van der Waals surface area contributed by atoms with E-state index in [9.17, 15) is 4.57 Å². The van der Waals surface area contributed by atoms with Crippen molar-refractivity contribution in [3.63, 3.8) is 0 Å². The summed E-state index contributed by atoms with van der Waals surface area (Å²) < 4.78 is 14.1. The molecule has 2 aromatic carbocycles. The van der Waals surface area contributed by atoms with Gasteiger partial charge in [-0.25, -0.2) is 0 Å². The Morgan fingerprint density at radius 3 is 1.92 bits per heavy atom. The number of hydrogen-bond acceptors (Lipinski definition) is 2. The third-order valence-corrected chi connectivity index (χ3v) is 7.03. The lowest BCUT2D eigenvalue weighted by atomic mass is 10.2. The Bertz CT molecular complexity index is 713. The second-order valence-corrected chi connectivity index (χ2v) is 8.22. The Labute approximate surface area is 144 Å². The van der Waals surface area contributed by atoms with Crippen molar-refractivity contribution in [1.29, 1.82) is 0 Å². The van der Waals surface area contributed by atoms with Gasteiger partial charge in [-0.05, 0) is 19.3 Å².